The summed E-state index contributed by atoms with van der Waals surface area (Å²) in [4.78, 5) is 0. The molecule has 0 aliphatic rings. The maximum absolute atomic E-state index is 11.9. The van der Waals surface area contributed by atoms with Crippen LogP contribution in [0.25, 0.3) is 0 Å². The van der Waals surface area contributed by atoms with E-state index in [4.69, 9.17) is 27.4 Å². The van der Waals surface area contributed by atoms with Crippen molar-refractivity contribution < 1.29 is 12.6 Å². The Morgan fingerprint density at radius 1 is 1.17 bits per heavy atom. The average molecular weight is 388 g/mol. The topological polar surface area (TPSA) is 43.4 Å². The van der Waals surface area contributed by atoms with Gasteiger partial charge in [0.1, 0.15) is 5.02 Å². The molecule has 96 valence electrons. The molecule has 3 nitrogen and oxygen atoms in total. The summed E-state index contributed by atoms with van der Waals surface area (Å²) in [5.41, 5.74) is 0. The number of rotatable bonds is 3. The van der Waals surface area contributed by atoms with Crippen LogP contribution in [0.4, 0.5) is 0 Å². The monoisotopic (exact) mass is 386 g/mol. The van der Waals surface area contributed by atoms with Gasteiger partial charge in [0.2, 0.25) is 0 Å². The largest absolute Gasteiger partial charge is 0.377 e. The first-order valence-electron chi connectivity index (χ1n) is 4.54. The van der Waals surface area contributed by atoms with Gasteiger partial charge in [0.15, 0.2) is 9.96 Å². The van der Waals surface area contributed by atoms with E-state index in [1.54, 1.807) is 18.2 Å². The molecule has 2 aromatic rings. The maximum Gasteiger partial charge on any atom is 0.348 e. The van der Waals surface area contributed by atoms with Crippen LogP contribution in [0.5, 0.6) is 5.75 Å². The molecule has 0 bridgehead atoms. The van der Waals surface area contributed by atoms with E-state index in [-0.39, 0.29) is 20.0 Å². The van der Waals surface area contributed by atoms with Gasteiger partial charge in [-0.05, 0) is 40.2 Å². The first kappa shape index (κ1) is 14.1. The molecule has 0 spiro atoms. The van der Waals surface area contributed by atoms with E-state index in [0.29, 0.717) is 3.79 Å². The second-order valence-corrected chi connectivity index (χ2v) is 8.17. The molecular formula is C10H5BrCl2O3S2. The molecule has 0 aliphatic heterocycles. The Labute approximate surface area is 127 Å². The highest BCUT2D eigenvalue weighted by Crippen LogP contribution is 2.34. The molecule has 0 aliphatic carbocycles. The van der Waals surface area contributed by atoms with Crippen molar-refractivity contribution in [2.45, 2.75) is 4.21 Å². The fourth-order valence-corrected chi connectivity index (χ4v) is 4.43. The Morgan fingerprint density at radius 2 is 1.89 bits per heavy atom. The summed E-state index contributed by atoms with van der Waals surface area (Å²) in [6.07, 6.45) is 0. The predicted octanol–water partition coefficient (Wildman–Crippen LogP) is 4.59. The fraction of sp³-hybridized carbons (Fsp3) is 0. The van der Waals surface area contributed by atoms with E-state index in [1.807, 2.05) is 0 Å². The number of benzene rings is 1. The smallest absolute Gasteiger partial charge is 0.348 e. The molecule has 1 aromatic carbocycles. The molecule has 2 rings (SSSR count). The average Bonchev–Trinajstić information content (AvgIpc) is 2.72. The third-order valence-electron chi connectivity index (χ3n) is 1.91. The van der Waals surface area contributed by atoms with E-state index in [0.717, 1.165) is 11.3 Å². The Morgan fingerprint density at radius 3 is 2.50 bits per heavy atom. The highest BCUT2D eigenvalue weighted by molar-refractivity contribution is 9.11. The molecule has 0 unspecified atom stereocenters. The van der Waals surface area contributed by atoms with Gasteiger partial charge in [0, 0.05) is 0 Å². The Hall–Kier alpha value is -0.270. The van der Waals surface area contributed by atoms with Gasteiger partial charge in [-0.2, -0.15) is 8.42 Å². The van der Waals surface area contributed by atoms with Crippen LogP contribution in [0.15, 0.2) is 38.3 Å². The lowest BCUT2D eigenvalue weighted by molar-refractivity contribution is 0.488. The van der Waals surface area contributed by atoms with Crippen LogP contribution in [0.3, 0.4) is 0 Å². The van der Waals surface area contributed by atoms with E-state index >= 15 is 0 Å². The van der Waals surface area contributed by atoms with Gasteiger partial charge < -0.3 is 4.18 Å². The molecule has 0 saturated heterocycles. The summed E-state index contributed by atoms with van der Waals surface area (Å²) in [6.45, 7) is 0. The van der Waals surface area contributed by atoms with Crippen molar-refractivity contribution in [3.63, 3.8) is 0 Å². The summed E-state index contributed by atoms with van der Waals surface area (Å²) in [5, 5.41) is 0.301. The van der Waals surface area contributed by atoms with Crippen molar-refractivity contribution in [2.24, 2.45) is 0 Å². The van der Waals surface area contributed by atoms with Gasteiger partial charge in [0.25, 0.3) is 0 Å². The summed E-state index contributed by atoms with van der Waals surface area (Å²) < 4.78 is 29.6. The van der Waals surface area contributed by atoms with Gasteiger partial charge >= 0.3 is 10.1 Å². The lowest BCUT2D eigenvalue weighted by atomic mass is 10.3. The fourth-order valence-electron chi connectivity index (χ4n) is 1.14. The third-order valence-corrected chi connectivity index (χ3v) is 6.02. The molecule has 8 heteroatoms. The van der Waals surface area contributed by atoms with Crippen LogP contribution in [0.2, 0.25) is 10.0 Å². The Balaban J connectivity index is 2.37. The standard InChI is InChI=1S/C10H5BrCl2O3S2/c11-8-4-5-9(17-8)18(14,15)16-7-3-1-2-6(12)10(7)13/h1-5H. The molecule has 0 fully saturated rings. The molecule has 0 atom stereocenters. The summed E-state index contributed by atoms with van der Waals surface area (Å²) >= 11 is 15.9. The minimum atomic E-state index is -3.89. The maximum atomic E-state index is 11.9. The normalized spacial score (nSPS) is 11.5. The summed E-state index contributed by atoms with van der Waals surface area (Å²) in [6, 6.07) is 7.62. The second kappa shape index (κ2) is 5.38. The summed E-state index contributed by atoms with van der Waals surface area (Å²) in [5.74, 6) is 0.00805. The lowest BCUT2D eigenvalue weighted by Crippen LogP contribution is -2.08. The lowest BCUT2D eigenvalue weighted by Gasteiger charge is -2.07. The molecule has 0 amide bonds. The van der Waals surface area contributed by atoms with Crippen molar-refractivity contribution in [1.29, 1.82) is 0 Å². The van der Waals surface area contributed by atoms with Crippen molar-refractivity contribution in [3.8, 4) is 5.75 Å². The van der Waals surface area contributed by atoms with Crippen molar-refractivity contribution in [3.05, 3.63) is 44.2 Å². The van der Waals surface area contributed by atoms with Crippen molar-refractivity contribution >= 4 is 60.6 Å². The van der Waals surface area contributed by atoms with Crippen LogP contribution in [0.1, 0.15) is 0 Å². The molecule has 1 heterocycles. The first-order valence-corrected chi connectivity index (χ1v) is 8.31. The minimum Gasteiger partial charge on any atom is -0.377 e. The zero-order valence-corrected chi connectivity index (χ0v) is 13.3. The number of thiophene rings is 1. The molecule has 0 radical (unpaired) electrons. The molecule has 0 N–H and O–H groups in total. The van der Waals surface area contributed by atoms with E-state index < -0.39 is 10.1 Å². The number of hydrogen-bond acceptors (Lipinski definition) is 4. The van der Waals surface area contributed by atoms with Crippen LogP contribution in [0, 0.1) is 0 Å². The highest BCUT2D eigenvalue weighted by Gasteiger charge is 2.21. The van der Waals surface area contributed by atoms with Crippen LogP contribution >= 0.6 is 50.5 Å². The molecule has 1 aromatic heterocycles. The van der Waals surface area contributed by atoms with Gasteiger partial charge in [-0.25, -0.2) is 0 Å². The molecular weight excluding hydrogens is 383 g/mol. The van der Waals surface area contributed by atoms with Gasteiger partial charge in [0.05, 0.1) is 8.81 Å². The van der Waals surface area contributed by atoms with Crippen LogP contribution in [-0.4, -0.2) is 8.42 Å². The van der Waals surface area contributed by atoms with E-state index in [1.165, 1.54) is 12.1 Å². The van der Waals surface area contributed by atoms with E-state index in [9.17, 15) is 8.42 Å². The Bertz CT molecular complexity index is 682. The number of hydrogen-bond donors (Lipinski definition) is 0. The molecule has 18 heavy (non-hydrogen) atoms. The van der Waals surface area contributed by atoms with Crippen LogP contribution < -0.4 is 4.18 Å². The zero-order valence-electron chi connectivity index (χ0n) is 8.56. The minimum absolute atomic E-state index is 0.00805. The van der Waals surface area contributed by atoms with Crippen LogP contribution in [-0.2, 0) is 10.1 Å². The van der Waals surface area contributed by atoms with E-state index in [2.05, 4.69) is 15.9 Å². The van der Waals surface area contributed by atoms with Gasteiger partial charge in [-0.3, -0.25) is 0 Å². The Kier molecular flexibility index (Phi) is 4.23. The third kappa shape index (κ3) is 3.00. The zero-order chi connectivity index (χ0) is 13.3. The van der Waals surface area contributed by atoms with Gasteiger partial charge in [-0.15, -0.1) is 11.3 Å². The highest BCUT2D eigenvalue weighted by atomic mass is 79.9. The first-order chi connectivity index (χ1) is 8.40. The van der Waals surface area contributed by atoms with Crippen molar-refractivity contribution in [1.82, 2.24) is 0 Å². The summed E-state index contributed by atoms with van der Waals surface area (Å²) in [7, 11) is -3.89. The number of halogens is 3. The van der Waals surface area contributed by atoms with Gasteiger partial charge in [-0.1, -0.05) is 29.3 Å². The van der Waals surface area contributed by atoms with Crippen molar-refractivity contribution in [2.75, 3.05) is 0 Å². The predicted molar refractivity (Wildman–Crippen MR) is 76.3 cm³/mol. The quantitative estimate of drug-likeness (QED) is 0.723. The SMILES string of the molecule is O=S(=O)(Oc1cccc(Cl)c1Cl)c1ccc(Br)s1. The molecule has 0 saturated carbocycles. The second-order valence-electron chi connectivity index (χ2n) is 3.15.